The van der Waals surface area contributed by atoms with Gasteiger partial charge in [-0.15, -0.1) is 0 Å². The average molecular weight is 228 g/mol. The lowest BCUT2D eigenvalue weighted by Crippen LogP contribution is -2.23. The Morgan fingerprint density at radius 3 is 2.12 bits per heavy atom. The Morgan fingerprint density at radius 1 is 1.00 bits per heavy atom. The summed E-state index contributed by atoms with van der Waals surface area (Å²) in [5, 5.41) is 10.00. The SMILES string of the molecule is CCCCCCCC(CCCC)C1(O)CO1. The van der Waals surface area contributed by atoms with E-state index in [9.17, 15) is 5.11 Å². The van der Waals surface area contributed by atoms with E-state index in [1.54, 1.807) is 0 Å². The maximum Gasteiger partial charge on any atom is 0.192 e. The van der Waals surface area contributed by atoms with Crippen molar-refractivity contribution in [1.82, 2.24) is 0 Å². The lowest BCUT2D eigenvalue weighted by atomic mass is 9.90. The van der Waals surface area contributed by atoms with Crippen molar-refractivity contribution in [2.75, 3.05) is 6.61 Å². The Balaban J connectivity index is 2.12. The minimum Gasteiger partial charge on any atom is -0.363 e. The third kappa shape index (κ3) is 4.84. The number of aliphatic hydroxyl groups is 1. The van der Waals surface area contributed by atoms with Gasteiger partial charge in [-0.1, -0.05) is 58.8 Å². The van der Waals surface area contributed by atoms with E-state index in [2.05, 4.69) is 13.8 Å². The number of unbranched alkanes of at least 4 members (excludes halogenated alkanes) is 5. The second-order valence-corrected chi connectivity index (χ2v) is 5.18. The van der Waals surface area contributed by atoms with Crippen LogP contribution in [0.2, 0.25) is 0 Å². The summed E-state index contributed by atoms with van der Waals surface area (Å²) in [5.41, 5.74) is 0. The molecule has 0 aromatic heterocycles. The van der Waals surface area contributed by atoms with Crippen molar-refractivity contribution in [1.29, 1.82) is 0 Å². The van der Waals surface area contributed by atoms with Crippen molar-refractivity contribution in [2.45, 2.75) is 77.4 Å². The van der Waals surface area contributed by atoms with Gasteiger partial charge in [0.1, 0.15) is 6.61 Å². The van der Waals surface area contributed by atoms with Crippen molar-refractivity contribution < 1.29 is 9.84 Å². The number of epoxide rings is 1. The molecule has 1 aliphatic heterocycles. The Morgan fingerprint density at radius 2 is 1.56 bits per heavy atom. The zero-order valence-electron chi connectivity index (χ0n) is 11.0. The van der Waals surface area contributed by atoms with Crippen LogP contribution in [0.5, 0.6) is 0 Å². The number of ether oxygens (including phenoxy) is 1. The summed E-state index contributed by atoms with van der Waals surface area (Å²) in [7, 11) is 0. The minimum absolute atomic E-state index is 0.383. The molecule has 0 aromatic rings. The van der Waals surface area contributed by atoms with Crippen molar-refractivity contribution >= 4 is 0 Å². The molecule has 1 N–H and O–H groups in total. The summed E-state index contributed by atoms with van der Waals surface area (Å²) >= 11 is 0. The van der Waals surface area contributed by atoms with Crippen LogP contribution in [-0.2, 0) is 4.74 Å². The van der Waals surface area contributed by atoms with E-state index in [1.807, 2.05) is 0 Å². The van der Waals surface area contributed by atoms with Gasteiger partial charge in [-0.2, -0.15) is 0 Å². The lowest BCUT2D eigenvalue weighted by Gasteiger charge is -2.19. The van der Waals surface area contributed by atoms with Gasteiger partial charge >= 0.3 is 0 Å². The molecule has 2 atom stereocenters. The third-order valence-corrected chi connectivity index (χ3v) is 3.64. The first kappa shape index (κ1) is 14.0. The van der Waals surface area contributed by atoms with Crippen LogP contribution in [0.25, 0.3) is 0 Å². The normalized spacial score (nSPS) is 25.7. The average Bonchev–Trinajstić information content (AvgIpc) is 3.01. The monoisotopic (exact) mass is 228 g/mol. The largest absolute Gasteiger partial charge is 0.363 e. The van der Waals surface area contributed by atoms with Crippen LogP contribution in [-0.4, -0.2) is 17.5 Å². The topological polar surface area (TPSA) is 32.8 Å². The molecule has 16 heavy (non-hydrogen) atoms. The fraction of sp³-hybridized carbons (Fsp3) is 1.00. The van der Waals surface area contributed by atoms with Crippen LogP contribution < -0.4 is 0 Å². The van der Waals surface area contributed by atoms with Crippen LogP contribution >= 0.6 is 0 Å². The molecular formula is C14H28O2. The van der Waals surface area contributed by atoms with E-state index in [4.69, 9.17) is 4.74 Å². The van der Waals surface area contributed by atoms with E-state index in [0.29, 0.717) is 12.5 Å². The highest BCUT2D eigenvalue weighted by Gasteiger charge is 2.48. The highest BCUT2D eigenvalue weighted by molar-refractivity contribution is 4.87. The summed E-state index contributed by atoms with van der Waals surface area (Å²) < 4.78 is 5.19. The molecule has 0 radical (unpaired) electrons. The zero-order valence-corrected chi connectivity index (χ0v) is 11.0. The predicted molar refractivity (Wildman–Crippen MR) is 67.3 cm³/mol. The summed E-state index contributed by atoms with van der Waals surface area (Å²) in [4.78, 5) is 0. The highest BCUT2D eigenvalue weighted by atomic mass is 16.7. The van der Waals surface area contributed by atoms with Gasteiger partial charge in [0, 0.05) is 5.92 Å². The van der Waals surface area contributed by atoms with E-state index in [1.165, 1.54) is 44.9 Å². The second kappa shape index (κ2) is 7.29. The second-order valence-electron chi connectivity index (χ2n) is 5.18. The van der Waals surface area contributed by atoms with Crippen LogP contribution in [0.1, 0.15) is 71.6 Å². The van der Waals surface area contributed by atoms with E-state index in [-0.39, 0.29) is 0 Å². The van der Waals surface area contributed by atoms with Gasteiger partial charge in [-0.3, -0.25) is 0 Å². The molecule has 2 unspecified atom stereocenters. The predicted octanol–water partition coefficient (Wildman–Crippen LogP) is 3.87. The zero-order chi connectivity index (χ0) is 11.9. The van der Waals surface area contributed by atoms with Gasteiger partial charge in [0.2, 0.25) is 0 Å². The van der Waals surface area contributed by atoms with Gasteiger partial charge in [0.15, 0.2) is 5.79 Å². The molecule has 0 amide bonds. The van der Waals surface area contributed by atoms with Crippen LogP contribution in [0.15, 0.2) is 0 Å². The number of rotatable bonds is 10. The van der Waals surface area contributed by atoms with Crippen molar-refractivity contribution in [3.8, 4) is 0 Å². The first-order chi connectivity index (χ1) is 7.73. The Kier molecular flexibility index (Phi) is 6.37. The molecule has 1 fully saturated rings. The number of hydrogen-bond donors (Lipinski definition) is 1. The van der Waals surface area contributed by atoms with Crippen LogP contribution in [0, 0.1) is 5.92 Å². The fourth-order valence-corrected chi connectivity index (χ4v) is 2.35. The molecule has 0 aromatic carbocycles. The highest BCUT2D eigenvalue weighted by Crippen LogP contribution is 2.38. The maximum atomic E-state index is 10.00. The van der Waals surface area contributed by atoms with E-state index < -0.39 is 5.79 Å². The molecule has 0 bridgehead atoms. The molecule has 2 heteroatoms. The molecular weight excluding hydrogens is 200 g/mol. The third-order valence-electron chi connectivity index (χ3n) is 3.64. The Bertz CT molecular complexity index is 176. The van der Waals surface area contributed by atoms with Crippen molar-refractivity contribution in [3.05, 3.63) is 0 Å². The Labute approximate surface area is 100 Å². The molecule has 0 aliphatic carbocycles. The molecule has 0 saturated carbocycles. The van der Waals surface area contributed by atoms with Crippen LogP contribution in [0.3, 0.4) is 0 Å². The summed E-state index contributed by atoms with van der Waals surface area (Å²) in [5.74, 6) is -0.353. The van der Waals surface area contributed by atoms with Gasteiger partial charge in [-0.05, 0) is 12.8 Å². The Hall–Kier alpha value is -0.0800. The van der Waals surface area contributed by atoms with E-state index >= 15 is 0 Å². The van der Waals surface area contributed by atoms with Gasteiger partial charge in [-0.25, -0.2) is 0 Å². The minimum atomic E-state index is -0.736. The molecule has 1 aliphatic rings. The maximum absolute atomic E-state index is 10.00. The summed E-state index contributed by atoms with van der Waals surface area (Å²) in [6.07, 6.45) is 11.2. The van der Waals surface area contributed by atoms with Gasteiger partial charge in [0.05, 0.1) is 0 Å². The smallest absolute Gasteiger partial charge is 0.192 e. The first-order valence-corrected chi connectivity index (χ1v) is 7.09. The van der Waals surface area contributed by atoms with Crippen LogP contribution in [0.4, 0.5) is 0 Å². The lowest BCUT2D eigenvalue weighted by molar-refractivity contribution is -0.0252. The van der Waals surface area contributed by atoms with Gasteiger partial charge in [0.25, 0.3) is 0 Å². The quantitative estimate of drug-likeness (QED) is 0.455. The summed E-state index contributed by atoms with van der Waals surface area (Å²) in [6, 6.07) is 0. The first-order valence-electron chi connectivity index (χ1n) is 7.09. The molecule has 96 valence electrons. The molecule has 2 nitrogen and oxygen atoms in total. The molecule has 1 rings (SSSR count). The fourth-order valence-electron chi connectivity index (χ4n) is 2.35. The standard InChI is InChI=1S/C14H28O2/c1-3-5-7-8-9-11-13(10-6-4-2)14(15)12-16-14/h13,15H,3-12H2,1-2H3. The molecule has 1 heterocycles. The number of hydrogen-bond acceptors (Lipinski definition) is 2. The summed E-state index contributed by atoms with van der Waals surface area (Å²) in [6.45, 7) is 5.01. The van der Waals surface area contributed by atoms with Crippen molar-refractivity contribution in [3.63, 3.8) is 0 Å². The van der Waals surface area contributed by atoms with Gasteiger partial charge < -0.3 is 9.84 Å². The molecule has 1 saturated heterocycles. The van der Waals surface area contributed by atoms with Crippen molar-refractivity contribution in [2.24, 2.45) is 5.92 Å². The van der Waals surface area contributed by atoms with E-state index in [0.717, 1.165) is 12.8 Å². The molecule has 0 spiro atoms.